The van der Waals surface area contributed by atoms with Gasteiger partial charge in [-0.05, 0) is 38.7 Å². The Morgan fingerprint density at radius 3 is 2.76 bits per heavy atom. The fraction of sp³-hybridized carbons (Fsp3) is 0.524. The van der Waals surface area contributed by atoms with Crippen LogP contribution in [0.1, 0.15) is 30.2 Å². The van der Waals surface area contributed by atoms with Crippen molar-refractivity contribution in [2.75, 3.05) is 46.9 Å². The number of aromatic nitrogens is 2. The molecule has 1 aliphatic heterocycles. The van der Waals surface area contributed by atoms with Crippen molar-refractivity contribution in [3.63, 3.8) is 0 Å². The Hall–Kier alpha value is -2.09. The van der Waals surface area contributed by atoms with Crippen molar-refractivity contribution < 1.29 is 4.74 Å². The number of aliphatic imine (C=N–C) groups is 1. The number of aryl methyl sites for hydroxylation is 1. The zero-order chi connectivity index (χ0) is 20.8. The number of ether oxygens (including phenoxy) is 1. The first kappa shape index (κ1) is 21.6. The van der Waals surface area contributed by atoms with Crippen molar-refractivity contribution in [3.05, 3.63) is 52.8 Å². The minimum atomic E-state index is 0.00205. The van der Waals surface area contributed by atoms with Gasteiger partial charge in [0, 0.05) is 36.9 Å². The quantitative estimate of drug-likeness (QED) is 0.577. The zero-order valence-electron chi connectivity index (χ0n) is 17.7. The molecule has 1 fully saturated rings. The van der Waals surface area contributed by atoms with Crippen molar-refractivity contribution in [1.82, 2.24) is 24.9 Å². The van der Waals surface area contributed by atoms with Crippen molar-refractivity contribution >= 4 is 17.6 Å². The maximum atomic E-state index is 6.06. The number of likely N-dealkylation sites (N-methyl/N-ethyl adjacent to an activating group) is 1. The number of halogens is 1. The van der Waals surface area contributed by atoms with Crippen molar-refractivity contribution in [2.45, 2.75) is 19.1 Å². The largest absolute Gasteiger partial charge is 0.370 e. The van der Waals surface area contributed by atoms with E-state index in [0.29, 0.717) is 13.2 Å². The third-order valence-electron chi connectivity index (χ3n) is 5.09. The van der Waals surface area contributed by atoms with Gasteiger partial charge in [-0.1, -0.05) is 23.7 Å². The first-order valence-electron chi connectivity index (χ1n) is 10.0. The van der Waals surface area contributed by atoms with Crippen LogP contribution in [-0.2, 0) is 11.8 Å². The molecule has 1 aliphatic rings. The minimum absolute atomic E-state index is 0.00205. The summed E-state index contributed by atoms with van der Waals surface area (Å²) in [7, 11) is 6.08. The molecule has 0 amide bonds. The van der Waals surface area contributed by atoms with Gasteiger partial charge in [-0.3, -0.25) is 9.67 Å². The zero-order valence-corrected chi connectivity index (χ0v) is 18.4. The van der Waals surface area contributed by atoms with E-state index in [1.54, 1.807) is 0 Å². The van der Waals surface area contributed by atoms with Gasteiger partial charge in [0.25, 0.3) is 0 Å². The Morgan fingerprint density at radius 2 is 2.14 bits per heavy atom. The first-order valence-corrected chi connectivity index (χ1v) is 10.4. The van der Waals surface area contributed by atoms with Crippen LogP contribution in [0.3, 0.4) is 0 Å². The Morgan fingerprint density at radius 1 is 1.38 bits per heavy atom. The van der Waals surface area contributed by atoms with Crippen LogP contribution < -0.4 is 5.32 Å². The molecule has 2 atom stereocenters. The van der Waals surface area contributed by atoms with E-state index in [1.165, 1.54) is 5.56 Å². The molecule has 8 heteroatoms. The summed E-state index contributed by atoms with van der Waals surface area (Å²) in [5.41, 5.74) is 2.30. The number of hydrogen-bond donors (Lipinski definition) is 1. The number of morpholine rings is 1. The molecule has 29 heavy (non-hydrogen) atoms. The van der Waals surface area contributed by atoms with Crippen LogP contribution in [0.15, 0.2) is 41.7 Å². The number of rotatable bonds is 6. The summed E-state index contributed by atoms with van der Waals surface area (Å²) in [6, 6.07) is 8.19. The molecule has 1 aromatic heterocycles. The number of nitrogens with one attached hydrogen (secondary N) is 1. The molecule has 0 aliphatic carbocycles. The molecule has 0 bridgehead atoms. The molecule has 2 aromatic rings. The van der Waals surface area contributed by atoms with Crippen molar-refractivity contribution in [1.29, 1.82) is 0 Å². The van der Waals surface area contributed by atoms with E-state index < -0.39 is 0 Å². The lowest BCUT2D eigenvalue weighted by Gasteiger charge is -2.35. The Balaban J connectivity index is 1.74. The highest BCUT2D eigenvalue weighted by Gasteiger charge is 2.25. The molecule has 3 rings (SSSR count). The maximum absolute atomic E-state index is 6.06. The standard InChI is InChI=1S/C21H31ClN6O/c1-5-23-21(24-13-19(26(2)3)16-6-8-18(22)9-7-16)28-10-11-29-20(15-28)17-12-25-27(4)14-17/h6-9,12,14,19-20H,5,10-11,13,15H2,1-4H3,(H,23,24). The van der Waals surface area contributed by atoms with Crippen LogP contribution in [0.5, 0.6) is 0 Å². The second-order valence-corrected chi connectivity index (χ2v) is 7.91. The summed E-state index contributed by atoms with van der Waals surface area (Å²) in [4.78, 5) is 9.44. The molecule has 1 aromatic carbocycles. The third-order valence-corrected chi connectivity index (χ3v) is 5.34. The molecular formula is C21H31ClN6O. The highest BCUT2D eigenvalue weighted by Crippen LogP contribution is 2.23. The minimum Gasteiger partial charge on any atom is -0.370 e. The van der Waals surface area contributed by atoms with Crippen LogP contribution in [-0.4, -0.2) is 72.4 Å². The third kappa shape index (κ3) is 5.72. The van der Waals surface area contributed by atoms with Gasteiger partial charge in [-0.25, -0.2) is 0 Å². The topological polar surface area (TPSA) is 57.9 Å². The molecular weight excluding hydrogens is 388 g/mol. The molecule has 1 saturated heterocycles. The average Bonchev–Trinajstić information content (AvgIpc) is 3.15. The van der Waals surface area contributed by atoms with Gasteiger partial charge >= 0.3 is 0 Å². The molecule has 0 saturated carbocycles. The highest BCUT2D eigenvalue weighted by atomic mass is 35.5. The summed E-state index contributed by atoms with van der Waals surface area (Å²) in [5, 5.41) is 8.47. The molecule has 158 valence electrons. The van der Waals surface area contributed by atoms with E-state index in [9.17, 15) is 0 Å². The molecule has 0 spiro atoms. The van der Waals surface area contributed by atoms with Crippen molar-refractivity contribution in [2.24, 2.45) is 12.0 Å². The fourth-order valence-corrected chi connectivity index (χ4v) is 3.63. The molecule has 7 nitrogen and oxygen atoms in total. The van der Waals surface area contributed by atoms with Gasteiger partial charge in [-0.2, -0.15) is 5.10 Å². The SMILES string of the molecule is CCNC(=NCC(c1ccc(Cl)cc1)N(C)C)N1CCOC(c2cnn(C)c2)C1. The summed E-state index contributed by atoms with van der Waals surface area (Å²) < 4.78 is 7.79. The Bertz CT molecular complexity index is 804. The van der Waals surface area contributed by atoms with Crippen molar-refractivity contribution in [3.8, 4) is 0 Å². The van der Waals surface area contributed by atoms with Gasteiger partial charge < -0.3 is 19.9 Å². The Labute approximate surface area is 178 Å². The molecule has 2 unspecified atom stereocenters. The van der Waals surface area contributed by atoms with E-state index in [4.69, 9.17) is 21.3 Å². The number of nitrogens with zero attached hydrogens (tertiary/aromatic N) is 5. The molecule has 2 heterocycles. The Kier molecular flexibility index (Phi) is 7.52. The summed E-state index contributed by atoms with van der Waals surface area (Å²) in [5.74, 6) is 0.922. The summed E-state index contributed by atoms with van der Waals surface area (Å²) in [6.07, 6.45) is 3.89. The lowest BCUT2D eigenvalue weighted by atomic mass is 10.1. The lowest BCUT2D eigenvalue weighted by Crippen LogP contribution is -2.48. The fourth-order valence-electron chi connectivity index (χ4n) is 3.50. The second kappa shape index (κ2) is 10.1. The summed E-state index contributed by atoms with van der Waals surface area (Å²) in [6.45, 7) is 5.81. The predicted octanol–water partition coefficient (Wildman–Crippen LogP) is 2.72. The molecule has 0 radical (unpaired) electrons. The van der Waals surface area contributed by atoms with E-state index >= 15 is 0 Å². The number of hydrogen-bond acceptors (Lipinski definition) is 4. The summed E-state index contributed by atoms with van der Waals surface area (Å²) >= 11 is 6.06. The lowest BCUT2D eigenvalue weighted by molar-refractivity contribution is -0.00807. The van der Waals surface area contributed by atoms with Gasteiger partial charge in [0.05, 0.1) is 31.9 Å². The van der Waals surface area contributed by atoms with Crippen LogP contribution in [0.4, 0.5) is 0 Å². The second-order valence-electron chi connectivity index (χ2n) is 7.48. The predicted molar refractivity (Wildman–Crippen MR) is 117 cm³/mol. The van der Waals surface area contributed by atoms with E-state index in [0.717, 1.165) is 36.2 Å². The van der Waals surface area contributed by atoms with E-state index in [-0.39, 0.29) is 12.1 Å². The number of guanidine groups is 1. The molecule has 1 N–H and O–H groups in total. The van der Waals surface area contributed by atoms with Crippen LogP contribution in [0, 0.1) is 0 Å². The van der Waals surface area contributed by atoms with Gasteiger partial charge in [0.15, 0.2) is 5.96 Å². The van der Waals surface area contributed by atoms with Gasteiger partial charge in [0.1, 0.15) is 6.10 Å². The first-order chi connectivity index (χ1) is 14.0. The van der Waals surface area contributed by atoms with E-state index in [1.807, 2.05) is 36.3 Å². The normalized spacial score (nSPS) is 18.9. The van der Waals surface area contributed by atoms with Crippen LogP contribution in [0.25, 0.3) is 0 Å². The van der Waals surface area contributed by atoms with Gasteiger partial charge in [0.2, 0.25) is 0 Å². The van der Waals surface area contributed by atoms with Crippen LogP contribution >= 0.6 is 11.6 Å². The highest BCUT2D eigenvalue weighted by molar-refractivity contribution is 6.30. The maximum Gasteiger partial charge on any atom is 0.194 e. The van der Waals surface area contributed by atoms with E-state index in [2.05, 4.69) is 53.4 Å². The number of benzene rings is 1. The average molecular weight is 419 g/mol. The smallest absolute Gasteiger partial charge is 0.194 e. The van der Waals surface area contributed by atoms with Crippen LogP contribution in [0.2, 0.25) is 5.02 Å². The van der Waals surface area contributed by atoms with Gasteiger partial charge in [-0.15, -0.1) is 0 Å². The monoisotopic (exact) mass is 418 g/mol.